The van der Waals surface area contributed by atoms with Crippen molar-refractivity contribution >= 4 is 20.9 Å². The Balaban J connectivity index is 1.72. The second-order valence-corrected chi connectivity index (χ2v) is 8.69. The summed E-state index contributed by atoms with van der Waals surface area (Å²) in [6, 6.07) is 19.6. The zero-order valence-corrected chi connectivity index (χ0v) is 17.4. The highest BCUT2D eigenvalue weighted by Gasteiger charge is 2.26. The van der Waals surface area contributed by atoms with Crippen molar-refractivity contribution in [2.45, 2.75) is 24.9 Å². The van der Waals surface area contributed by atoms with Crippen LogP contribution in [0.5, 0.6) is 5.75 Å². The molecule has 0 aliphatic carbocycles. The van der Waals surface area contributed by atoms with Gasteiger partial charge in [-0.1, -0.05) is 24.3 Å². The highest BCUT2D eigenvalue weighted by molar-refractivity contribution is 7.89. The van der Waals surface area contributed by atoms with Crippen LogP contribution in [0.4, 0.5) is 0 Å². The van der Waals surface area contributed by atoms with Crippen LogP contribution >= 0.6 is 0 Å². The molecule has 2 aromatic carbocycles. The van der Waals surface area contributed by atoms with Crippen LogP contribution in [0.15, 0.2) is 88.5 Å². The van der Waals surface area contributed by atoms with Gasteiger partial charge in [0.15, 0.2) is 0 Å². The minimum Gasteiger partial charge on any atom is -0.494 e. The maximum absolute atomic E-state index is 13.5. The van der Waals surface area contributed by atoms with Crippen molar-refractivity contribution < 1.29 is 17.6 Å². The Labute approximate surface area is 175 Å². The standard InChI is InChI=1S/C23H22N2O4S/c1-2-28-20-10-12-22(13-11-20)30(26,27)25(17-21-9-5-15-29-21)16-19-7-3-6-18-8-4-14-24-23(18)19/h3-15H,2,16-17H2,1H3. The molecule has 0 spiro atoms. The number of ether oxygens (including phenoxy) is 1. The van der Waals surface area contributed by atoms with Gasteiger partial charge >= 0.3 is 0 Å². The summed E-state index contributed by atoms with van der Waals surface area (Å²) in [6.45, 7) is 2.69. The fourth-order valence-electron chi connectivity index (χ4n) is 3.31. The van der Waals surface area contributed by atoms with E-state index in [1.54, 1.807) is 42.6 Å². The minimum atomic E-state index is -3.79. The number of pyridine rings is 1. The fraction of sp³-hybridized carbons (Fsp3) is 0.174. The smallest absolute Gasteiger partial charge is 0.243 e. The summed E-state index contributed by atoms with van der Waals surface area (Å²) in [4.78, 5) is 4.66. The van der Waals surface area contributed by atoms with E-state index in [4.69, 9.17) is 9.15 Å². The van der Waals surface area contributed by atoms with Crippen molar-refractivity contribution in [3.63, 3.8) is 0 Å². The fourth-order valence-corrected chi connectivity index (χ4v) is 4.70. The molecule has 30 heavy (non-hydrogen) atoms. The Morgan fingerprint density at radius 2 is 1.77 bits per heavy atom. The largest absolute Gasteiger partial charge is 0.494 e. The third-order valence-corrected chi connectivity index (χ3v) is 6.55. The molecular formula is C23H22N2O4S. The second kappa shape index (κ2) is 8.69. The number of hydrogen-bond donors (Lipinski definition) is 0. The van der Waals surface area contributed by atoms with Crippen LogP contribution in [0.3, 0.4) is 0 Å². The number of benzene rings is 2. The Morgan fingerprint density at radius 1 is 0.967 bits per heavy atom. The van der Waals surface area contributed by atoms with Crippen molar-refractivity contribution in [1.29, 1.82) is 0 Å². The maximum Gasteiger partial charge on any atom is 0.243 e. The van der Waals surface area contributed by atoms with E-state index in [0.717, 1.165) is 16.5 Å². The van der Waals surface area contributed by atoms with Crippen molar-refractivity contribution in [1.82, 2.24) is 9.29 Å². The molecule has 6 nitrogen and oxygen atoms in total. The molecule has 0 atom stereocenters. The highest BCUT2D eigenvalue weighted by atomic mass is 32.2. The number of furan rings is 1. The first-order valence-corrected chi connectivity index (χ1v) is 11.1. The van der Waals surface area contributed by atoms with E-state index in [2.05, 4.69) is 4.98 Å². The third kappa shape index (κ3) is 4.22. The van der Waals surface area contributed by atoms with Gasteiger partial charge in [-0.05, 0) is 55.0 Å². The molecule has 0 amide bonds. The normalized spacial score (nSPS) is 11.8. The lowest BCUT2D eigenvalue weighted by atomic mass is 10.1. The van der Waals surface area contributed by atoms with Gasteiger partial charge in [-0.3, -0.25) is 4.98 Å². The van der Waals surface area contributed by atoms with E-state index in [-0.39, 0.29) is 18.0 Å². The van der Waals surface area contributed by atoms with E-state index < -0.39 is 10.0 Å². The summed E-state index contributed by atoms with van der Waals surface area (Å²) in [5.41, 5.74) is 1.61. The number of aromatic nitrogens is 1. The molecule has 154 valence electrons. The maximum atomic E-state index is 13.5. The number of sulfonamides is 1. The van der Waals surface area contributed by atoms with Gasteiger partial charge in [0.25, 0.3) is 0 Å². The molecule has 4 rings (SSSR count). The van der Waals surface area contributed by atoms with Crippen LogP contribution in [-0.2, 0) is 23.1 Å². The number of hydrogen-bond acceptors (Lipinski definition) is 5. The Morgan fingerprint density at radius 3 is 2.50 bits per heavy atom. The van der Waals surface area contributed by atoms with Crippen LogP contribution in [-0.4, -0.2) is 24.3 Å². The van der Waals surface area contributed by atoms with Crippen LogP contribution in [0.1, 0.15) is 18.2 Å². The van der Waals surface area contributed by atoms with Gasteiger partial charge in [-0.2, -0.15) is 4.31 Å². The van der Waals surface area contributed by atoms with E-state index in [0.29, 0.717) is 18.1 Å². The van der Waals surface area contributed by atoms with Crippen LogP contribution in [0, 0.1) is 0 Å². The van der Waals surface area contributed by atoms with Crippen molar-refractivity contribution in [3.05, 3.63) is 90.5 Å². The second-order valence-electron chi connectivity index (χ2n) is 6.75. The predicted molar refractivity (Wildman–Crippen MR) is 114 cm³/mol. The molecule has 0 saturated carbocycles. The molecule has 0 N–H and O–H groups in total. The molecule has 0 saturated heterocycles. The van der Waals surface area contributed by atoms with E-state index in [1.807, 2.05) is 37.3 Å². The highest BCUT2D eigenvalue weighted by Crippen LogP contribution is 2.25. The van der Waals surface area contributed by atoms with Gasteiger partial charge in [0.1, 0.15) is 11.5 Å². The van der Waals surface area contributed by atoms with Crippen LogP contribution in [0.25, 0.3) is 10.9 Å². The van der Waals surface area contributed by atoms with Gasteiger partial charge in [-0.15, -0.1) is 0 Å². The van der Waals surface area contributed by atoms with Gasteiger partial charge in [0, 0.05) is 18.1 Å². The molecule has 0 radical (unpaired) electrons. The van der Waals surface area contributed by atoms with Crippen molar-refractivity contribution in [2.24, 2.45) is 0 Å². The summed E-state index contributed by atoms with van der Waals surface area (Å²) < 4.78 is 39.3. The number of nitrogens with zero attached hydrogens (tertiary/aromatic N) is 2. The Kier molecular flexibility index (Phi) is 5.83. The topological polar surface area (TPSA) is 72.6 Å². The Hall–Kier alpha value is -3.16. The summed E-state index contributed by atoms with van der Waals surface area (Å²) in [5, 5.41) is 0.964. The van der Waals surface area contributed by atoms with Crippen molar-refractivity contribution in [2.75, 3.05) is 6.61 Å². The zero-order chi connectivity index (χ0) is 21.0. The number of rotatable bonds is 8. The average Bonchev–Trinajstić information content (AvgIpc) is 3.27. The minimum absolute atomic E-state index is 0.117. The zero-order valence-electron chi connectivity index (χ0n) is 16.6. The first kappa shape index (κ1) is 20.1. The molecular weight excluding hydrogens is 400 g/mol. The summed E-state index contributed by atoms with van der Waals surface area (Å²) >= 11 is 0. The quantitative estimate of drug-likeness (QED) is 0.414. The lowest BCUT2D eigenvalue weighted by Crippen LogP contribution is -2.30. The van der Waals surface area contributed by atoms with Gasteiger partial charge < -0.3 is 9.15 Å². The van der Waals surface area contributed by atoms with Crippen LogP contribution in [0.2, 0.25) is 0 Å². The molecule has 0 unspecified atom stereocenters. The molecule has 4 aromatic rings. The first-order chi connectivity index (χ1) is 14.6. The number of para-hydroxylation sites is 1. The molecule has 2 aromatic heterocycles. The van der Waals surface area contributed by atoms with Gasteiger partial charge in [0.2, 0.25) is 10.0 Å². The molecule has 2 heterocycles. The van der Waals surface area contributed by atoms with E-state index in [1.165, 1.54) is 10.6 Å². The molecule has 0 aliphatic heterocycles. The van der Waals surface area contributed by atoms with Crippen LogP contribution < -0.4 is 4.74 Å². The molecule has 0 bridgehead atoms. The summed E-state index contributed by atoms with van der Waals surface area (Å²) in [5.74, 6) is 1.20. The average molecular weight is 423 g/mol. The van der Waals surface area contributed by atoms with Crippen molar-refractivity contribution in [3.8, 4) is 5.75 Å². The summed E-state index contributed by atoms with van der Waals surface area (Å²) in [6.07, 6.45) is 3.25. The lowest BCUT2D eigenvalue weighted by molar-refractivity contribution is 0.339. The molecule has 7 heteroatoms. The van der Waals surface area contributed by atoms with E-state index in [9.17, 15) is 8.42 Å². The number of fused-ring (bicyclic) bond motifs is 1. The van der Waals surface area contributed by atoms with Gasteiger partial charge in [0.05, 0.1) is 29.8 Å². The molecule has 0 aliphatic rings. The first-order valence-electron chi connectivity index (χ1n) is 9.66. The third-order valence-electron chi connectivity index (χ3n) is 4.75. The SMILES string of the molecule is CCOc1ccc(S(=O)(=O)N(Cc2ccco2)Cc2cccc3cccnc23)cc1. The monoisotopic (exact) mass is 422 g/mol. The van der Waals surface area contributed by atoms with E-state index >= 15 is 0 Å². The molecule has 0 fully saturated rings. The summed E-state index contributed by atoms with van der Waals surface area (Å²) in [7, 11) is -3.79. The van der Waals surface area contributed by atoms with Gasteiger partial charge in [-0.25, -0.2) is 8.42 Å². The predicted octanol–water partition coefficient (Wildman–Crippen LogP) is 4.62. The lowest BCUT2D eigenvalue weighted by Gasteiger charge is -2.22. The Bertz CT molecular complexity index is 1210.